The van der Waals surface area contributed by atoms with Gasteiger partial charge in [0.1, 0.15) is 0 Å². The van der Waals surface area contributed by atoms with E-state index in [-0.39, 0.29) is 0 Å². The van der Waals surface area contributed by atoms with Crippen LogP contribution in [0.25, 0.3) is 0 Å². The number of rotatable bonds is 6. The number of nitrogens with one attached hydrogen (secondary N) is 1. The SMILES string of the molecule is CNC(CCc1ccccn1)Cc1ccc(C)cc1Cl. The standard InChI is InChI=1S/C17H21ClN2/c1-13-6-7-14(17(18)11-13)12-16(19-2)9-8-15-5-3-4-10-20-15/h3-7,10-11,16,19H,8-9,12H2,1-2H3. The molecule has 0 aliphatic carbocycles. The summed E-state index contributed by atoms with van der Waals surface area (Å²) in [6.45, 7) is 2.06. The van der Waals surface area contributed by atoms with E-state index in [1.165, 1.54) is 11.1 Å². The maximum Gasteiger partial charge on any atom is 0.0441 e. The lowest BCUT2D eigenvalue weighted by Gasteiger charge is -2.17. The number of pyridine rings is 1. The van der Waals surface area contributed by atoms with Gasteiger partial charge < -0.3 is 5.32 Å². The molecule has 1 atom stereocenters. The molecule has 0 spiro atoms. The molecule has 0 bridgehead atoms. The second-order valence-corrected chi connectivity index (χ2v) is 5.55. The predicted octanol–water partition coefficient (Wildman–Crippen LogP) is 3.81. The zero-order chi connectivity index (χ0) is 14.4. The first-order chi connectivity index (χ1) is 9.69. The monoisotopic (exact) mass is 288 g/mol. The molecular formula is C17H21ClN2. The zero-order valence-electron chi connectivity index (χ0n) is 12.1. The van der Waals surface area contributed by atoms with Crippen molar-refractivity contribution in [3.05, 3.63) is 64.4 Å². The van der Waals surface area contributed by atoms with Crippen molar-refractivity contribution in [2.75, 3.05) is 7.05 Å². The third kappa shape index (κ3) is 4.32. The van der Waals surface area contributed by atoms with Crippen LogP contribution in [0, 0.1) is 6.92 Å². The number of nitrogens with zero attached hydrogens (tertiary/aromatic N) is 1. The van der Waals surface area contributed by atoms with Gasteiger partial charge in [0, 0.05) is 23.0 Å². The van der Waals surface area contributed by atoms with Gasteiger partial charge in [-0.25, -0.2) is 0 Å². The summed E-state index contributed by atoms with van der Waals surface area (Å²) in [6, 6.07) is 12.7. The van der Waals surface area contributed by atoms with Crippen molar-refractivity contribution < 1.29 is 0 Å². The van der Waals surface area contributed by atoms with E-state index in [4.69, 9.17) is 11.6 Å². The smallest absolute Gasteiger partial charge is 0.0441 e. The summed E-state index contributed by atoms with van der Waals surface area (Å²) >= 11 is 6.31. The molecule has 1 unspecified atom stereocenters. The molecule has 1 N–H and O–H groups in total. The van der Waals surface area contributed by atoms with Crippen molar-refractivity contribution in [1.29, 1.82) is 0 Å². The van der Waals surface area contributed by atoms with Crippen molar-refractivity contribution in [2.45, 2.75) is 32.2 Å². The lowest BCUT2D eigenvalue weighted by Crippen LogP contribution is -2.28. The van der Waals surface area contributed by atoms with Gasteiger partial charge in [0.2, 0.25) is 0 Å². The Kier molecular flexibility index (Phi) is 5.57. The minimum absolute atomic E-state index is 0.414. The topological polar surface area (TPSA) is 24.9 Å². The van der Waals surface area contributed by atoms with E-state index in [0.717, 1.165) is 30.0 Å². The number of aromatic nitrogens is 1. The minimum atomic E-state index is 0.414. The van der Waals surface area contributed by atoms with Gasteiger partial charge in [-0.3, -0.25) is 4.98 Å². The Hall–Kier alpha value is -1.38. The van der Waals surface area contributed by atoms with Crippen LogP contribution in [0.4, 0.5) is 0 Å². The van der Waals surface area contributed by atoms with Crippen LogP contribution in [0.15, 0.2) is 42.6 Å². The van der Waals surface area contributed by atoms with Crippen molar-refractivity contribution in [2.24, 2.45) is 0 Å². The molecule has 2 rings (SSSR count). The van der Waals surface area contributed by atoms with Gasteiger partial charge in [-0.05, 0) is 62.6 Å². The van der Waals surface area contributed by atoms with Gasteiger partial charge in [-0.2, -0.15) is 0 Å². The van der Waals surface area contributed by atoms with Gasteiger partial charge in [-0.15, -0.1) is 0 Å². The van der Waals surface area contributed by atoms with E-state index in [0.29, 0.717) is 6.04 Å². The van der Waals surface area contributed by atoms with E-state index in [1.54, 1.807) is 0 Å². The lowest BCUT2D eigenvalue weighted by molar-refractivity contribution is 0.517. The highest BCUT2D eigenvalue weighted by molar-refractivity contribution is 6.31. The summed E-state index contributed by atoms with van der Waals surface area (Å²) in [7, 11) is 2.01. The summed E-state index contributed by atoms with van der Waals surface area (Å²) in [5.41, 5.74) is 3.55. The molecule has 0 radical (unpaired) electrons. The summed E-state index contributed by atoms with van der Waals surface area (Å²) in [4.78, 5) is 4.37. The van der Waals surface area contributed by atoms with Gasteiger partial charge in [0.25, 0.3) is 0 Å². The lowest BCUT2D eigenvalue weighted by atomic mass is 10.00. The molecule has 20 heavy (non-hydrogen) atoms. The van der Waals surface area contributed by atoms with Crippen molar-refractivity contribution in [3.63, 3.8) is 0 Å². The molecule has 1 aromatic carbocycles. The summed E-state index contributed by atoms with van der Waals surface area (Å²) < 4.78 is 0. The molecule has 2 nitrogen and oxygen atoms in total. The van der Waals surface area contributed by atoms with E-state index in [1.807, 2.05) is 31.4 Å². The van der Waals surface area contributed by atoms with Crippen LogP contribution in [0.2, 0.25) is 5.02 Å². The van der Waals surface area contributed by atoms with E-state index >= 15 is 0 Å². The Labute approximate surface area is 126 Å². The number of halogens is 1. The van der Waals surface area contributed by atoms with Crippen LogP contribution < -0.4 is 5.32 Å². The van der Waals surface area contributed by atoms with Crippen LogP contribution in [-0.4, -0.2) is 18.1 Å². The van der Waals surface area contributed by atoms with Crippen LogP contribution in [0.1, 0.15) is 23.2 Å². The van der Waals surface area contributed by atoms with Crippen molar-refractivity contribution >= 4 is 11.6 Å². The second-order valence-electron chi connectivity index (χ2n) is 5.14. The summed E-state index contributed by atoms with van der Waals surface area (Å²) in [5, 5.41) is 4.24. The number of likely N-dealkylation sites (N-methyl/N-ethyl adjacent to an activating group) is 1. The molecule has 0 saturated heterocycles. The van der Waals surface area contributed by atoms with E-state index < -0.39 is 0 Å². The third-order valence-corrected chi connectivity index (χ3v) is 3.91. The molecule has 2 aromatic rings. The first-order valence-electron chi connectivity index (χ1n) is 7.01. The van der Waals surface area contributed by atoms with E-state index in [2.05, 4.69) is 35.4 Å². The average Bonchev–Trinajstić information content (AvgIpc) is 2.46. The molecule has 0 aliphatic rings. The van der Waals surface area contributed by atoms with E-state index in [9.17, 15) is 0 Å². The molecule has 0 aliphatic heterocycles. The Morgan fingerprint density at radius 3 is 2.75 bits per heavy atom. The summed E-state index contributed by atoms with van der Waals surface area (Å²) in [5.74, 6) is 0. The number of benzene rings is 1. The van der Waals surface area contributed by atoms with Crippen LogP contribution >= 0.6 is 11.6 Å². The third-order valence-electron chi connectivity index (χ3n) is 3.56. The second kappa shape index (κ2) is 7.41. The number of aryl methyl sites for hydroxylation is 2. The highest BCUT2D eigenvalue weighted by atomic mass is 35.5. The highest BCUT2D eigenvalue weighted by Gasteiger charge is 2.10. The fraction of sp³-hybridized carbons (Fsp3) is 0.353. The molecule has 0 amide bonds. The van der Waals surface area contributed by atoms with Crippen LogP contribution in [0.5, 0.6) is 0 Å². The van der Waals surface area contributed by atoms with Crippen molar-refractivity contribution in [1.82, 2.24) is 10.3 Å². The minimum Gasteiger partial charge on any atom is -0.317 e. The Bertz CT molecular complexity index is 540. The van der Waals surface area contributed by atoms with Gasteiger partial charge in [0.15, 0.2) is 0 Å². The molecule has 0 saturated carbocycles. The van der Waals surface area contributed by atoms with Gasteiger partial charge >= 0.3 is 0 Å². The van der Waals surface area contributed by atoms with Crippen molar-refractivity contribution in [3.8, 4) is 0 Å². The molecular weight excluding hydrogens is 268 g/mol. The first-order valence-corrected chi connectivity index (χ1v) is 7.39. The Morgan fingerprint density at radius 2 is 2.10 bits per heavy atom. The molecule has 1 aromatic heterocycles. The maximum absolute atomic E-state index is 6.31. The first kappa shape index (κ1) is 15.0. The molecule has 106 valence electrons. The Balaban J connectivity index is 1.95. The normalized spacial score (nSPS) is 12.3. The summed E-state index contributed by atoms with van der Waals surface area (Å²) in [6.07, 6.45) is 4.83. The van der Waals surface area contributed by atoms with Gasteiger partial charge in [-0.1, -0.05) is 29.8 Å². The molecule has 1 heterocycles. The maximum atomic E-state index is 6.31. The Morgan fingerprint density at radius 1 is 1.25 bits per heavy atom. The average molecular weight is 289 g/mol. The van der Waals surface area contributed by atoms with Crippen LogP contribution in [-0.2, 0) is 12.8 Å². The fourth-order valence-electron chi connectivity index (χ4n) is 2.30. The van der Waals surface area contributed by atoms with Gasteiger partial charge in [0.05, 0.1) is 0 Å². The zero-order valence-corrected chi connectivity index (χ0v) is 12.8. The predicted molar refractivity (Wildman–Crippen MR) is 85.3 cm³/mol. The highest BCUT2D eigenvalue weighted by Crippen LogP contribution is 2.20. The quantitative estimate of drug-likeness (QED) is 0.874. The fourth-order valence-corrected chi connectivity index (χ4v) is 2.61. The van der Waals surface area contributed by atoms with Crippen LogP contribution in [0.3, 0.4) is 0 Å². The number of hydrogen-bond acceptors (Lipinski definition) is 2. The largest absolute Gasteiger partial charge is 0.317 e. The number of hydrogen-bond donors (Lipinski definition) is 1. The molecule has 3 heteroatoms. The molecule has 0 fully saturated rings.